The number of hydrogen-bond acceptors (Lipinski definition) is 7. The molecule has 154 valence electrons. The maximum atomic E-state index is 12.7. The molecule has 1 aliphatic heterocycles. The summed E-state index contributed by atoms with van der Waals surface area (Å²) in [5.41, 5.74) is 0.678. The molecule has 0 spiro atoms. The number of morpholine rings is 1. The lowest BCUT2D eigenvalue weighted by atomic mass is 10.1. The van der Waals surface area contributed by atoms with Crippen molar-refractivity contribution in [3.63, 3.8) is 0 Å². The van der Waals surface area contributed by atoms with E-state index in [4.69, 9.17) is 9.47 Å². The Labute approximate surface area is 164 Å². The predicted molar refractivity (Wildman–Crippen MR) is 102 cm³/mol. The molecule has 1 aliphatic carbocycles. The molecule has 1 amide bonds. The Bertz CT molecular complexity index is 845. The number of amides is 1. The number of hydrogen-bond donors (Lipinski definition) is 1. The highest BCUT2D eigenvalue weighted by Crippen LogP contribution is 2.27. The molecule has 0 radical (unpaired) electrons. The van der Waals surface area contributed by atoms with E-state index in [2.05, 4.69) is 5.32 Å². The lowest BCUT2D eigenvalue weighted by molar-refractivity contribution is -0.124. The maximum Gasteiger partial charge on any atom is 0.340 e. The van der Waals surface area contributed by atoms with Crippen LogP contribution >= 0.6 is 0 Å². The van der Waals surface area contributed by atoms with Crippen molar-refractivity contribution in [3.8, 4) is 0 Å². The van der Waals surface area contributed by atoms with Gasteiger partial charge in [0.05, 0.1) is 29.4 Å². The minimum Gasteiger partial charge on any atom is -0.452 e. The minimum atomic E-state index is -3.72. The van der Waals surface area contributed by atoms with Crippen molar-refractivity contribution < 1.29 is 27.5 Å². The second kappa shape index (κ2) is 8.46. The van der Waals surface area contributed by atoms with Crippen LogP contribution in [0.15, 0.2) is 23.1 Å². The fourth-order valence-electron chi connectivity index (χ4n) is 2.84. The molecule has 1 saturated carbocycles. The van der Waals surface area contributed by atoms with E-state index in [0.29, 0.717) is 32.0 Å². The van der Waals surface area contributed by atoms with Gasteiger partial charge < -0.3 is 19.7 Å². The Balaban J connectivity index is 1.85. The number of sulfonamides is 1. The third kappa shape index (κ3) is 4.81. The molecule has 0 unspecified atom stereocenters. The van der Waals surface area contributed by atoms with Crippen molar-refractivity contribution in [1.82, 2.24) is 9.62 Å². The molecule has 0 bridgehead atoms. The van der Waals surface area contributed by atoms with Crippen LogP contribution in [-0.4, -0.2) is 77.6 Å². The molecule has 0 atom stereocenters. The molecule has 28 heavy (non-hydrogen) atoms. The lowest BCUT2D eigenvalue weighted by Gasteiger charge is -2.30. The average Bonchev–Trinajstić information content (AvgIpc) is 3.50. The van der Waals surface area contributed by atoms with Crippen LogP contribution < -0.4 is 10.2 Å². The smallest absolute Gasteiger partial charge is 0.340 e. The van der Waals surface area contributed by atoms with E-state index in [1.807, 2.05) is 4.90 Å². The summed E-state index contributed by atoms with van der Waals surface area (Å²) in [5, 5.41) is 2.74. The Morgan fingerprint density at radius 3 is 2.54 bits per heavy atom. The molecule has 1 aromatic rings. The van der Waals surface area contributed by atoms with Crippen LogP contribution in [0, 0.1) is 0 Å². The van der Waals surface area contributed by atoms with Crippen LogP contribution in [0.2, 0.25) is 0 Å². The van der Waals surface area contributed by atoms with Crippen molar-refractivity contribution in [3.05, 3.63) is 23.8 Å². The normalized spacial score (nSPS) is 17.5. The predicted octanol–water partition coefficient (Wildman–Crippen LogP) is 0.209. The number of esters is 1. The molecule has 2 fully saturated rings. The standard InChI is InChI=1S/C18H25N3O6S/c1-20(2)28(24,25)14-5-6-16(21-7-9-26-10-8-21)15(11-14)18(23)27-12-17(22)19-13-3-4-13/h5-6,11,13H,3-4,7-10,12H2,1-2H3,(H,19,22). The van der Waals surface area contributed by atoms with Crippen LogP contribution in [0.3, 0.4) is 0 Å². The number of carbonyl (C=O) groups is 2. The van der Waals surface area contributed by atoms with Gasteiger partial charge in [-0.05, 0) is 31.0 Å². The fourth-order valence-corrected chi connectivity index (χ4v) is 3.76. The summed E-state index contributed by atoms with van der Waals surface area (Å²) in [6, 6.07) is 4.55. The molecule has 1 aromatic carbocycles. The van der Waals surface area contributed by atoms with Crippen molar-refractivity contribution in [2.24, 2.45) is 0 Å². The summed E-state index contributed by atoms with van der Waals surface area (Å²) in [7, 11) is -0.872. The molecule has 10 heteroatoms. The topological polar surface area (TPSA) is 105 Å². The average molecular weight is 411 g/mol. The van der Waals surface area contributed by atoms with Crippen LogP contribution in [0.25, 0.3) is 0 Å². The number of anilines is 1. The van der Waals surface area contributed by atoms with Gasteiger partial charge in [-0.1, -0.05) is 0 Å². The van der Waals surface area contributed by atoms with Gasteiger partial charge in [0.15, 0.2) is 6.61 Å². The Morgan fingerprint density at radius 1 is 1.25 bits per heavy atom. The third-order valence-electron chi connectivity index (χ3n) is 4.60. The number of nitrogens with one attached hydrogen (secondary N) is 1. The number of carbonyl (C=O) groups excluding carboxylic acids is 2. The van der Waals surface area contributed by atoms with Gasteiger partial charge >= 0.3 is 5.97 Å². The first-order valence-corrected chi connectivity index (χ1v) is 10.6. The van der Waals surface area contributed by atoms with Gasteiger partial charge in [0.25, 0.3) is 5.91 Å². The first kappa shape index (κ1) is 20.6. The van der Waals surface area contributed by atoms with E-state index in [0.717, 1.165) is 17.1 Å². The summed E-state index contributed by atoms with van der Waals surface area (Å²) in [4.78, 5) is 26.4. The van der Waals surface area contributed by atoms with Gasteiger partial charge in [-0.3, -0.25) is 4.79 Å². The number of rotatable bonds is 7. The van der Waals surface area contributed by atoms with E-state index in [9.17, 15) is 18.0 Å². The van der Waals surface area contributed by atoms with E-state index in [1.54, 1.807) is 6.07 Å². The molecule has 3 rings (SSSR count). The van der Waals surface area contributed by atoms with E-state index in [1.165, 1.54) is 26.2 Å². The quantitative estimate of drug-likeness (QED) is 0.640. The van der Waals surface area contributed by atoms with Crippen molar-refractivity contribution >= 4 is 27.6 Å². The monoisotopic (exact) mass is 411 g/mol. The lowest BCUT2D eigenvalue weighted by Crippen LogP contribution is -2.37. The fraction of sp³-hybridized carbons (Fsp3) is 0.556. The Hall–Kier alpha value is -2.17. The highest BCUT2D eigenvalue weighted by atomic mass is 32.2. The third-order valence-corrected chi connectivity index (χ3v) is 6.41. The highest BCUT2D eigenvalue weighted by molar-refractivity contribution is 7.89. The zero-order valence-electron chi connectivity index (χ0n) is 16.0. The van der Waals surface area contributed by atoms with Gasteiger partial charge in [-0.25, -0.2) is 17.5 Å². The highest BCUT2D eigenvalue weighted by Gasteiger charge is 2.27. The molecule has 2 aliphatic rings. The van der Waals surface area contributed by atoms with Crippen molar-refractivity contribution in [1.29, 1.82) is 0 Å². The second-order valence-electron chi connectivity index (χ2n) is 6.98. The van der Waals surface area contributed by atoms with Gasteiger partial charge in [0, 0.05) is 33.2 Å². The molecular weight excluding hydrogens is 386 g/mol. The van der Waals surface area contributed by atoms with Gasteiger partial charge in [-0.2, -0.15) is 0 Å². The maximum absolute atomic E-state index is 12.7. The molecular formula is C18H25N3O6S. The van der Waals surface area contributed by atoms with Gasteiger partial charge in [0.1, 0.15) is 0 Å². The Morgan fingerprint density at radius 2 is 1.93 bits per heavy atom. The first-order valence-electron chi connectivity index (χ1n) is 9.15. The number of benzene rings is 1. The summed E-state index contributed by atoms with van der Waals surface area (Å²) in [5.74, 6) is -1.09. The molecule has 1 N–H and O–H groups in total. The van der Waals surface area contributed by atoms with Crippen LogP contribution in [0.4, 0.5) is 5.69 Å². The summed E-state index contributed by atoms with van der Waals surface area (Å²) >= 11 is 0. The molecule has 9 nitrogen and oxygen atoms in total. The summed E-state index contributed by atoms with van der Waals surface area (Å²) in [6.45, 7) is 1.76. The number of nitrogens with zero attached hydrogens (tertiary/aromatic N) is 2. The molecule has 1 heterocycles. The van der Waals surface area contributed by atoms with Gasteiger partial charge in [-0.15, -0.1) is 0 Å². The Kier molecular flexibility index (Phi) is 6.21. The minimum absolute atomic E-state index is 0.0103. The van der Waals surface area contributed by atoms with Crippen LogP contribution in [0.1, 0.15) is 23.2 Å². The van der Waals surface area contributed by atoms with Crippen molar-refractivity contribution in [2.45, 2.75) is 23.8 Å². The van der Waals surface area contributed by atoms with E-state index in [-0.39, 0.29) is 22.4 Å². The molecule has 0 aromatic heterocycles. The first-order chi connectivity index (χ1) is 13.3. The summed E-state index contributed by atoms with van der Waals surface area (Å²) in [6.07, 6.45) is 1.87. The molecule has 1 saturated heterocycles. The number of ether oxygens (including phenoxy) is 2. The zero-order valence-corrected chi connectivity index (χ0v) is 16.8. The largest absolute Gasteiger partial charge is 0.452 e. The van der Waals surface area contributed by atoms with Crippen molar-refractivity contribution in [2.75, 3.05) is 51.9 Å². The second-order valence-corrected chi connectivity index (χ2v) is 9.14. The van der Waals surface area contributed by atoms with E-state index < -0.39 is 22.6 Å². The summed E-state index contributed by atoms with van der Waals surface area (Å²) < 4.78 is 36.5. The van der Waals surface area contributed by atoms with E-state index >= 15 is 0 Å². The van der Waals surface area contributed by atoms with Gasteiger partial charge in [0.2, 0.25) is 10.0 Å². The zero-order chi connectivity index (χ0) is 20.3. The SMILES string of the molecule is CN(C)S(=O)(=O)c1ccc(N2CCOCC2)c(C(=O)OCC(=O)NC2CC2)c1. The van der Waals surface area contributed by atoms with Crippen LogP contribution in [0.5, 0.6) is 0 Å². The van der Waals surface area contributed by atoms with Crippen LogP contribution in [-0.2, 0) is 24.3 Å².